The maximum Gasteiger partial charge on any atom is 0.0428 e. The number of hydrogen-bond acceptors (Lipinski definition) is 1. The Balaban J connectivity index is 4.82. The van der Waals surface area contributed by atoms with Crippen LogP contribution in [-0.4, -0.2) is 13.3 Å². The van der Waals surface area contributed by atoms with Crippen molar-refractivity contribution >= 4 is 22.1 Å². The molecule has 0 radical (unpaired) electrons. The zero-order valence-corrected chi connectivity index (χ0v) is 8.48. The molecule has 0 aromatic heterocycles. The summed E-state index contributed by atoms with van der Waals surface area (Å²) in [5.41, 5.74) is 1.97. The van der Waals surface area contributed by atoms with E-state index in [-0.39, 0.29) is 0 Å². The van der Waals surface area contributed by atoms with Crippen LogP contribution in [0.2, 0.25) is 0 Å². The first-order chi connectivity index (χ1) is 5.13. The van der Waals surface area contributed by atoms with Crippen molar-refractivity contribution in [3.05, 3.63) is 34.9 Å². The van der Waals surface area contributed by atoms with Gasteiger partial charge in [0.25, 0.3) is 0 Å². The van der Waals surface area contributed by atoms with Crippen molar-refractivity contribution < 1.29 is 0 Å². The number of rotatable bonds is 3. The van der Waals surface area contributed by atoms with E-state index in [0.29, 0.717) is 0 Å². The summed E-state index contributed by atoms with van der Waals surface area (Å²) < 4.78 is 0.919. The smallest absolute Gasteiger partial charge is 0.0428 e. The van der Waals surface area contributed by atoms with Crippen molar-refractivity contribution in [1.82, 2.24) is 0 Å². The summed E-state index contributed by atoms with van der Waals surface area (Å²) in [4.78, 5) is 3.87. The van der Waals surface area contributed by atoms with E-state index < -0.39 is 0 Å². The Morgan fingerprint density at radius 1 is 1.55 bits per heavy atom. The van der Waals surface area contributed by atoms with Crippen molar-refractivity contribution in [2.24, 2.45) is 4.99 Å². The number of hydrogen-bond donors (Lipinski definition) is 0. The van der Waals surface area contributed by atoms with Crippen LogP contribution in [0.15, 0.2) is 39.9 Å². The standard InChI is InChI=1S/C9H12BrN/c1-5-8(7(2)3)9(10)6-11-4/h5-6H,1-2H2,3-4H3/b9-8+,11-6?. The maximum absolute atomic E-state index is 3.87. The molecule has 60 valence electrons. The molecule has 0 aromatic carbocycles. The second-order valence-electron chi connectivity index (χ2n) is 2.13. The summed E-state index contributed by atoms with van der Waals surface area (Å²) in [7, 11) is 1.72. The molecule has 0 aliphatic rings. The molecule has 0 unspecified atom stereocenters. The van der Waals surface area contributed by atoms with Gasteiger partial charge in [0.15, 0.2) is 0 Å². The molecule has 0 spiro atoms. The normalized spacial score (nSPS) is 13.0. The molecule has 0 saturated heterocycles. The molecule has 2 heteroatoms. The van der Waals surface area contributed by atoms with Gasteiger partial charge in [-0.25, -0.2) is 0 Å². The van der Waals surface area contributed by atoms with Crippen LogP contribution in [0.4, 0.5) is 0 Å². The van der Waals surface area contributed by atoms with E-state index in [1.807, 2.05) is 6.92 Å². The first kappa shape index (κ1) is 10.4. The van der Waals surface area contributed by atoms with Crippen LogP contribution in [0.25, 0.3) is 0 Å². The van der Waals surface area contributed by atoms with Gasteiger partial charge >= 0.3 is 0 Å². The van der Waals surface area contributed by atoms with Crippen LogP contribution in [-0.2, 0) is 0 Å². The lowest BCUT2D eigenvalue weighted by Crippen LogP contribution is -1.84. The molecule has 0 atom stereocenters. The van der Waals surface area contributed by atoms with Gasteiger partial charge in [-0.15, -0.1) is 0 Å². The van der Waals surface area contributed by atoms with E-state index in [1.54, 1.807) is 19.3 Å². The highest BCUT2D eigenvalue weighted by molar-refractivity contribution is 9.12. The summed E-state index contributed by atoms with van der Waals surface area (Å²) in [5, 5.41) is 0. The Kier molecular flexibility index (Phi) is 4.79. The molecular formula is C9H12BrN. The lowest BCUT2D eigenvalue weighted by atomic mass is 10.1. The van der Waals surface area contributed by atoms with Gasteiger partial charge in [0.05, 0.1) is 0 Å². The Morgan fingerprint density at radius 3 is 2.36 bits per heavy atom. The van der Waals surface area contributed by atoms with Crippen molar-refractivity contribution in [2.75, 3.05) is 7.05 Å². The van der Waals surface area contributed by atoms with E-state index in [9.17, 15) is 0 Å². The summed E-state index contributed by atoms with van der Waals surface area (Å²) in [6.07, 6.45) is 3.49. The maximum atomic E-state index is 3.87. The Labute approximate surface area is 76.4 Å². The number of nitrogens with zero attached hydrogens (tertiary/aromatic N) is 1. The van der Waals surface area contributed by atoms with E-state index in [2.05, 4.69) is 34.1 Å². The summed E-state index contributed by atoms with van der Waals surface area (Å²) in [6, 6.07) is 0. The monoisotopic (exact) mass is 213 g/mol. The van der Waals surface area contributed by atoms with Crippen molar-refractivity contribution in [3.63, 3.8) is 0 Å². The average Bonchev–Trinajstić information content (AvgIpc) is 1.88. The number of allylic oxidation sites excluding steroid dienone is 4. The van der Waals surface area contributed by atoms with Crippen LogP contribution in [0.3, 0.4) is 0 Å². The fraction of sp³-hybridized carbons (Fsp3) is 0.222. The van der Waals surface area contributed by atoms with Gasteiger partial charge in [-0.3, -0.25) is 4.99 Å². The predicted octanol–water partition coefficient (Wildman–Crippen LogP) is 3.10. The molecule has 0 rings (SSSR count). The molecule has 0 fully saturated rings. The SMILES string of the molecule is C=C/C(C(=C)C)=C(\Br)C=NC. The van der Waals surface area contributed by atoms with Crippen molar-refractivity contribution in [2.45, 2.75) is 6.92 Å². The quantitative estimate of drug-likeness (QED) is 0.505. The van der Waals surface area contributed by atoms with Gasteiger partial charge in [-0.1, -0.05) is 19.2 Å². The molecule has 0 saturated carbocycles. The molecule has 0 bridgehead atoms. The van der Waals surface area contributed by atoms with E-state index in [1.165, 1.54) is 0 Å². The van der Waals surface area contributed by atoms with E-state index in [0.717, 1.165) is 15.6 Å². The number of aliphatic imine (C=N–C) groups is 1. The predicted molar refractivity (Wildman–Crippen MR) is 55.4 cm³/mol. The molecule has 1 nitrogen and oxygen atoms in total. The van der Waals surface area contributed by atoms with Crippen molar-refractivity contribution in [1.29, 1.82) is 0 Å². The minimum Gasteiger partial charge on any atom is -0.295 e. The molecule has 0 aromatic rings. The molecule has 0 aliphatic heterocycles. The zero-order valence-electron chi connectivity index (χ0n) is 6.89. The Bertz CT molecular complexity index is 224. The molecule has 0 N–H and O–H groups in total. The second-order valence-corrected chi connectivity index (χ2v) is 2.99. The van der Waals surface area contributed by atoms with Crippen LogP contribution in [0.1, 0.15) is 6.92 Å². The highest BCUT2D eigenvalue weighted by Gasteiger charge is 1.97. The minimum absolute atomic E-state index is 0.919. The van der Waals surface area contributed by atoms with Gasteiger partial charge in [0.2, 0.25) is 0 Å². The topological polar surface area (TPSA) is 12.4 Å². The highest BCUT2D eigenvalue weighted by atomic mass is 79.9. The third-order valence-electron chi connectivity index (χ3n) is 1.16. The zero-order chi connectivity index (χ0) is 8.85. The molecule has 0 heterocycles. The molecular weight excluding hydrogens is 202 g/mol. The fourth-order valence-corrected chi connectivity index (χ4v) is 1.36. The van der Waals surface area contributed by atoms with Gasteiger partial charge < -0.3 is 0 Å². The average molecular weight is 214 g/mol. The highest BCUT2D eigenvalue weighted by Crippen LogP contribution is 2.17. The van der Waals surface area contributed by atoms with Gasteiger partial charge in [-0.2, -0.15) is 0 Å². The minimum atomic E-state index is 0.919. The lowest BCUT2D eigenvalue weighted by molar-refractivity contribution is 1.44. The first-order valence-corrected chi connectivity index (χ1v) is 4.03. The summed E-state index contributed by atoms with van der Waals surface area (Å²) in [6.45, 7) is 9.42. The third-order valence-corrected chi connectivity index (χ3v) is 1.80. The first-order valence-electron chi connectivity index (χ1n) is 3.23. The fourth-order valence-electron chi connectivity index (χ4n) is 0.658. The van der Waals surface area contributed by atoms with E-state index >= 15 is 0 Å². The Morgan fingerprint density at radius 2 is 2.09 bits per heavy atom. The van der Waals surface area contributed by atoms with E-state index in [4.69, 9.17) is 0 Å². The molecule has 0 aliphatic carbocycles. The molecule has 11 heavy (non-hydrogen) atoms. The second kappa shape index (κ2) is 5.08. The summed E-state index contributed by atoms with van der Waals surface area (Å²) >= 11 is 3.36. The third kappa shape index (κ3) is 3.33. The largest absolute Gasteiger partial charge is 0.295 e. The van der Waals surface area contributed by atoms with Crippen molar-refractivity contribution in [3.8, 4) is 0 Å². The van der Waals surface area contributed by atoms with Crippen LogP contribution >= 0.6 is 15.9 Å². The Hall–Kier alpha value is -0.630. The van der Waals surface area contributed by atoms with Crippen LogP contribution in [0, 0.1) is 0 Å². The van der Waals surface area contributed by atoms with Gasteiger partial charge in [0.1, 0.15) is 0 Å². The number of halogens is 1. The van der Waals surface area contributed by atoms with Gasteiger partial charge in [0, 0.05) is 17.7 Å². The summed E-state index contributed by atoms with van der Waals surface area (Å²) in [5.74, 6) is 0. The van der Waals surface area contributed by atoms with Gasteiger partial charge in [-0.05, 0) is 34.0 Å². The lowest BCUT2D eigenvalue weighted by Gasteiger charge is -2.00. The van der Waals surface area contributed by atoms with Crippen LogP contribution in [0.5, 0.6) is 0 Å². The molecule has 0 amide bonds. The van der Waals surface area contributed by atoms with Crippen LogP contribution < -0.4 is 0 Å².